The standard InChI is InChI=1S/C12H19ClN2OS/c1-9(7-12(2,8-16)14-3)17-11-10(13)5-4-6-15-11/h4-6,9,14,16H,7-8H2,1-3H3. The summed E-state index contributed by atoms with van der Waals surface area (Å²) in [4.78, 5) is 4.25. The summed E-state index contributed by atoms with van der Waals surface area (Å²) < 4.78 is 0. The number of hydrogen-bond donors (Lipinski definition) is 2. The molecule has 0 aliphatic carbocycles. The summed E-state index contributed by atoms with van der Waals surface area (Å²) in [5.74, 6) is 0. The molecule has 17 heavy (non-hydrogen) atoms. The lowest BCUT2D eigenvalue weighted by Crippen LogP contribution is -2.45. The predicted molar refractivity (Wildman–Crippen MR) is 73.7 cm³/mol. The van der Waals surface area contributed by atoms with Crippen molar-refractivity contribution in [1.29, 1.82) is 0 Å². The monoisotopic (exact) mass is 274 g/mol. The van der Waals surface area contributed by atoms with Gasteiger partial charge in [0, 0.05) is 17.0 Å². The third-order valence-electron chi connectivity index (χ3n) is 2.73. The van der Waals surface area contributed by atoms with Gasteiger partial charge in [0.2, 0.25) is 0 Å². The van der Waals surface area contributed by atoms with Gasteiger partial charge in [0.1, 0.15) is 5.03 Å². The van der Waals surface area contributed by atoms with Crippen molar-refractivity contribution in [2.24, 2.45) is 0 Å². The molecule has 0 aromatic carbocycles. The van der Waals surface area contributed by atoms with Crippen LogP contribution in [0.25, 0.3) is 0 Å². The van der Waals surface area contributed by atoms with Gasteiger partial charge in [-0.2, -0.15) is 0 Å². The highest BCUT2D eigenvalue weighted by Crippen LogP contribution is 2.31. The molecule has 2 N–H and O–H groups in total. The second-order valence-electron chi connectivity index (χ2n) is 4.39. The topological polar surface area (TPSA) is 45.1 Å². The van der Waals surface area contributed by atoms with Crippen LogP contribution in [-0.2, 0) is 0 Å². The molecule has 2 unspecified atom stereocenters. The minimum absolute atomic E-state index is 0.115. The Labute approximate surface area is 112 Å². The minimum Gasteiger partial charge on any atom is -0.394 e. The maximum absolute atomic E-state index is 9.34. The summed E-state index contributed by atoms with van der Waals surface area (Å²) in [5.41, 5.74) is -0.256. The Kier molecular flexibility index (Phi) is 5.73. The lowest BCUT2D eigenvalue weighted by atomic mass is 9.98. The highest BCUT2D eigenvalue weighted by atomic mass is 35.5. The van der Waals surface area contributed by atoms with Gasteiger partial charge in [0.25, 0.3) is 0 Å². The molecule has 1 heterocycles. The van der Waals surface area contributed by atoms with Gasteiger partial charge >= 0.3 is 0 Å². The van der Waals surface area contributed by atoms with E-state index in [-0.39, 0.29) is 12.1 Å². The lowest BCUT2D eigenvalue weighted by molar-refractivity contribution is 0.174. The number of halogens is 1. The number of pyridine rings is 1. The number of likely N-dealkylation sites (N-methyl/N-ethyl adjacent to an activating group) is 1. The van der Waals surface area contributed by atoms with E-state index in [1.54, 1.807) is 18.0 Å². The Balaban J connectivity index is 2.61. The van der Waals surface area contributed by atoms with E-state index in [4.69, 9.17) is 11.6 Å². The molecule has 1 aromatic rings. The van der Waals surface area contributed by atoms with E-state index in [1.165, 1.54) is 0 Å². The van der Waals surface area contributed by atoms with Crippen LogP contribution in [0.3, 0.4) is 0 Å². The molecule has 96 valence electrons. The highest BCUT2D eigenvalue weighted by molar-refractivity contribution is 7.99. The van der Waals surface area contributed by atoms with Crippen molar-refractivity contribution in [2.45, 2.75) is 36.1 Å². The SMILES string of the molecule is CNC(C)(CO)CC(C)Sc1ncccc1Cl. The molecule has 0 aliphatic heterocycles. The Morgan fingerprint density at radius 1 is 1.65 bits per heavy atom. The zero-order chi connectivity index (χ0) is 12.9. The van der Waals surface area contributed by atoms with Gasteiger partial charge in [0.05, 0.1) is 11.6 Å². The Bertz CT molecular complexity index is 358. The van der Waals surface area contributed by atoms with Crippen LogP contribution in [0, 0.1) is 0 Å². The van der Waals surface area contributed by atoms with E-state index in [9.17, 15) is 5.11 Å². The molecule has 5 heteroatoms. The summed E-state index contributed by atoms with van der Waals surface area (Å²) in [7, 11) is 1.86. The molecular formula is C12H19ClN2OS. The molecule has 2 atom stereocenters. The van der Waals surface area contributed by atoms with Crippen LogP contribution < -0.4 is 5.32 Å². The smallest absolute Gasteiger partial charge is 0.115 e. The normalized spacial score (nSPS) is 16.5. The second-order valence-corrected chi connectivity index (χ2v) is 6.23. The zero-order valence-corrected chi connectivity index (χ0v) is 12.0. The largest absolute Gasteiger partial charge is 0.394 e. The maximum Gasteiger partial charge on any atom is 0.115 e. The van der Waals surface area contributed by atoms with Gasteiger partial charge in [-0.05, 0) is 32.5 Å². The zero-order valence-electron chi connectivity index (χ0n) is 10.4. The number of thioether (sulfide) groups is 1. The van der Waals surface area contributed by atoms with Crippen molar-refractivity contribution >= 4 is 23.4 Å². The minimum atomic E-state index is -0.256. The summed E-state index contributed by atoms with van der Waals surface area (Å²) in [6.45, 7) is 4.23. The number of aliphatic hydroxyl groups is 1. The molecule has 0 radical (unpaired) electrons. The first-order valence-electron chi connectivity index (χ1n) is 5.57. The fourth-order valence-corrected chi connectivity index (χ4v) is 2.96. The van der Waals surface area contributed by atoms with Crippen molar-refractivity contribution in [2.75, 3.05) is 13.7 Å². The molecule has 0 saturated heterocycles. The Morgan fingerprint density at radius 2 is 2.35 bits per heavy atom. The molecular weight excluding hydrogens is 256 g/mol. The number of hydrogen-bond acceptors (Lipinski definition) is 4. The van der Waals surface area contributed by atoms with E-state index in [2.05, 4.69) is 17.2 Å². The van der Waals surface area contributed by atoms with Crippen molar-refractivity contribution < 1.29 is 5.11 Å². The number of nitrogens with one attached hydrogen (secondary N) is 1. The van der Waals surface area contributed by atoms with E-state index < -0.39 is 0 Å². The molecule has 0 aliphatic rings. The highest BCUT2D eigenvalue weighted by Gasteiger charge is 2.24. The molecule has 1 rings (SSSR count). The molecule has 3 nitrogen and oxygen atoms in total. The van der Waals surface area contributed by atoms with E-state index in [1.807, 2.05) is 26.1 Å². The van der Waals surface area contributed by atoms with Gasteiger partial charge in [-0.1, -0.05) is 18.5 Å². The maximum atomic E-state index is 9.34. The van der Waals surface area contributed by atoms with Crippen molar-refractivity contribution in [1.82, 2.24) is 10.3 Å². The third kappa shape index (κ3) is 4.47. The number of aliphatic hydroxyl groups excluding tert-OH is 1. The fourth-order valence-electron chi connectivity index (χ4n) is 1.57. The Morgan fingerprint density at radius 3 is 2.88 bits per heavy atom. The number of aromatic nitrogens is 1. The number of rotatable bonds is 6. The molecule has 1 aromatic heterocycles. The van der Waals surface area contributed by atoms with Gasteiger partial charge in [-0.25, -0.2) is 4.98 Å². The van der Waals surface area contributed by atoms with Crippen LogP contribution in [-0.4, -0.2) is 34.5 Å². The van der Waals surface area contributed by atoms with Crippen molar-refractivity contribution in [3.05, 3.63) is 23.4 Å². The Hall–Kier alpha value is -0.290. The van der Waals surface area contributed by atoms with Crippen LogP contribution in [0.1, 0.15) is 20.3 Å². The van der Waals surface area contributed by atoms with Crippen LogP contribution in [0.5, 0.6) is 0 Å². The first kappa shape index (κ1) is 14.8. The molecule has 0 saturated carbocycles. The molecule has 0 fully saturated rings. The predicted octanol–water partition coefficient (Wildman–Crippen LogP) is 2.58. The first-order chi connectivity index (χ1) is 8.00. The van der Waals surface area contributed by atoms with E-state index >= 15 is 0 Å². The average molecular weight is 275 g/mol. The van der Waals surface area contributed by atoms with Crippen LogP contribution in [0.4, 0.5) is 0 Å². The quantitative estimate of drug-likeness (QED) is 0.783. The summed E-state index contributed by atoms with van der Waals surface area (Å²) in [5, 5.41) is 14.3. The van der Waals surface area contributed by atoms with Gasteiger partial charge in [-0.3, -0.25) is 0 Å². The third-order valence-corrected chi connectivity index (χ3v) is 4.26. The van der Waals surface area contributed by atoms with Gasteiger partial charge < -0.3 is 10.4 Å². The van der Waals surface area contributed by atoms with E-state index in [0.29, 0.717) is 10.3 Å². The van der Waals surface area contributed by atoms with Gasteiger partial charge in [0.15, 0.2) is 0 Å². The van der Waals surface area contributed by atoms with Crippen LogP contribution >= 0.6 is 23.4 Å². The summed E-state index contributed by atoms with van der Waals surface area (Å²) >= 11 is 7.69. The van der Waals surface area contributed by atoms with Crippen LogP contribution in [0.15, 0.2) is 23.4 Å². The van der Waals surface area contributed by atoms with Crippen molar-refractivity contribution in [3.8, 4) is 0 Å². The fraction of sp³-hybridized carbons (Fsp3) is 0.583. The second kappa shape index (κ2) is 6.59. The molecule has 0 spiro atoms. The van der Waals surface area contributed by atoms with E-state index in [0.717, 1.165) is 11.4 Å². The van der Waals surface area contributed by atoms with Crippen LogP contribution in [0.2, 0.25) is 5.02 Å². The number of nitrogens with zero attached hydrogens (tertiary/aromatic N) is 1. The molecule has 0 amide bonds. The molecule has 0 bridgehead atoms. The summed E-state index contributed by atoms with van der Waals surface area (Å²) in [6.07, 6.45) is 2.59. The average Bonchev–Trinajstić information content (AvgIpc) is 2.32. The van der Waals surface area contributed by atoms with Crippen molar-refractivity contribution in [3.63, 3.8) is 0 Å². The van der Waals surface area contributed by atoms with Gasteiger partial charge in [-0.15, -0.1) is 11.8 Å². The summed E-state index contributed by atoms with van der Waals surface area (Å²) in [6, 6.07) is 3.66. The lowest BCUT2D eigenvalue weighted by Gasteiger charge is -2.29. The first-order valence-corrected chi connectivity index (χ1v) is 6.83.